The van der Waals surface area contributed by atoms with Gasteiger partial charge in [-0.1, -0.05) is 24.3 Å². The maximum atomic E-state index is 13.9. The van der Waals surface area contributed by atoms with Crippen molar-refractivity contribution < 1.29 is 33.3 Å². The molecule has 6 aliphatic rings. The molecule has 1 aliphatic carbocycles. The number of rotatable bonds is 12. The summed E-state index contributed by atoms with van der Waals surface area (Å²) < 4.78 is 29.2. The zero-order chi connectivity index (χ0) is 37.5. The lowest BCUT2D eigenvalue weighted by molar-refractivity contribution is 0.0765. The van der Waals surface area contributed by atoms with Gasteiger partial charge < -0.3 is 38.8 Å². The Hall–Kier alpha value is -5.03. The second-order valence-corrected chi connectivity index (χ2v) is 15.9. The molecule has 0 radical (unpaired) electrons. The van der Waals surface area contributed by atoms with Crippen LogP contribution in [0.15, 0.2) is 59.7 Å². The van der Waals surface area contributed by atoms with Gasteiger partial charge >= 0.3 is 0 Å². The van der Waals surface area contributed by atoms with Crippen LogP contribution in [0.2, 0.25) is 0 Å². The van der Waals surface area contributed by atoms with Crippen molar-refractivity contribution >= 4 is 35.0 Å². The van der Waals surface area contributed by atoms with Crippen molar-refractivity contribution in [2.24, 2.45) is 10.4 Å². The van der Waals surface area contributed by atoms with E-state index in [1.165, 1.54) is 24.0 Å². The van der Waals surface area contributed by atoms with Gasteiger partial charge in [0.2, 0.25) is 0 Å². The van der Waals surface area contributed by atoms with Crippen molar-refractivity contribution in [3.63, 3.8) is 0 Å². The van der Waals surface area contributed by atoms with Gasteiger partial charge in [-0.3, -0.25) is 14.6 Å². The number of unbranched alkanes of at least 4 members (excludes halogenated alkanes) is 2. The Kier molecular flexibility index (Phi) is 9.66. The van der Waals surface area contributed by atoms with Crippen molar-refractivity contribution in [1.82, 2.24) is 9.80 Å². The van der Waals surface area contributed by atoms with Gasteiger partial charge in [-0.15, -0.1) is 0 Å². The number of carbonyl (C=O) groups is 2. The summed E-state index contributed by atoms with van der Waals surface area (Å²) in [5.74, 6) is 2.81. The third kappa shape index (κ3) is 7.03. The Morgan fingerprint density at radius 3 is 2.27 bits per heavy atom. The Morgan fingerprint density at radius 2 is 1.56 bits per heavy atom. The molecule has 11 heteroatoms. The molecule has 1 spiro atoms. The summed E-state index contributed by atoms with van der Waals surface area (Å²) in [5.41, 5.74) is 6.55. The number of hydrogen-bond acceptors (Lipinski definition) is 9. The zero-order valence-electron chi connectivity index (χ0n) is 31.8. The first-order chi connectivity index (χ1) is 26.9. The zero-order valence-corrected chi connectivity index (χ0v) is 31.8. The quantitative estimate of drug-likeness (QED) is 0.189. The van der Waals surface area contributed by atoms with Crippen LogP contribution >= 0.6 is 0 Å². The van der Waals surface area contributed by atoms with Crippen LogP contribution in [0.4, 0.5) is 11.4 Å². The summed E-state index contributed by atoms with van der Waals surface area (Å²) in [6.07, 6.45) is 12.8. The molecule has 1 N–H and O–H groups in total. The first-order valence-electron chi connectivity index (χ1n) is 19.9. The van der Waals surface area contributed by atoms with Gasteiger partial charge in [-0.05, 0) is 98.0 Å². The van der Waals surface area contributed by atoms with Crippen LogP contribution < -0.4 is 24.3 Å². The second-order valence-electron chi connectivity index (χ2n) is 15.9. The molecule has 2 atom stereocenters. The van der Waals surface area contributed by atoms with E-state index in [0.717, 1.165) is 76.0 Å². The molecule has 9 rings (SSSR count). The van der Waals surface area contributed by atoms with Gasteiger partial charge in [0.1, 0.15) is 0 Å². The number of benzene rings is 3. The van der Waals surface area contributed by atoms with Crippen LogP contribution in [-0.2, 0) is 4.74 Å². The second kappa shape index (κ2) is 14.9. The smallest absolute Gasteiger partial charge is 0.260 e. The molecule has 288 valence electrons. The summed E-state index contributed by atoms with van der Waals surface area (Å²) >= 11 is 0. The number of anilines is 1. The predicted octanol–water partition coefficient (Wildman–Crippen LogP) is 7.62. The van der Waals surface area contributed by atoms with Crippen LogP contribution in [0.1, 0.15) is 95.5 Å². The molecule has 11 nitrogen and oxygen atoms in total. The van der Waals surface area contributed by atoms with E-state index < -0.39 is 0 Å². The topological polar surface area (TPSA) is 111 Å². The van der Waals surface area contributed by atoms with Crippen LogP contribution in [0.25, 0.3) is 5.57 Å². The van der Waals surface area contributed by atoms with Gasteiger partial charge in [0.05, 0.1) is 62.0 Å². The van der Waals surface area contributed by atoms with Crippen LogP contribution in [0.3, 0.4) is 0 Å². The summed E-state index contributed by atoms with van der Waals surface area (Å²) in [6.45, 7) is 4.10. The predicted molar refractivity (Wildman–Crippen MR) is 210 cm³/mol. The summed E-state index contributed by atoms with van der Waals surface area (Å²) in [6, 6.07) is 16.3. The van der Waals surface area contributed by atoms with E-state index in [2.05, 4.69) is 29.6 Å². The SMILES string of the molecule is COc1cc2c(cc1OCCCCCOc1cc3c(cc1OC)C(=O)N1C=C(c4ccc(C5CCOCC5)cc4)C[C@H]1CN3)N=C[C@@H]1CC3(CC3)CN1C2=O. The molecule has 5 heterocycles. The molecule has 3 aromatic carbocycles. The van der Waals surface area contributed by atoms with Crippen LogP contribution in [-0.4, -0.2) is 93.6 Å². The number of methoxy groups -OCH3 is 2. The highest BCUT2D eigenvalue weighted by Gasteiger charge is 2.53. The first kappa shape index (κ1) is 35.7. The van der Waals surface area contributed by atoms with Gasteiger partial charge in [0.15, 0.2) is 23.0 Å². The van der Waals surface area contributed by atoms with E-state index in [-0.39, 0.29) is 23.9 Å². The molecule has 3 aromatic rings. The van der Waals surface area contributed by atoms with Crippen molar-refractivity contribution in [3.8, 4) is 23.0 Å². The molecular weight excluding hydrogens is 697 g/mol. The van der Waals surface area contributed by atoms with Crippen LogP contribution in [0.5, 0.6) is 23.0 Å². The summed E-state index contributed by atoms with van der Waals surface area (Å²) in [5, 5.41) is 3.53. The molecule has 55 heavy (non-hydrogen) atoms. The number of aliphatic imine (C=N–C) groups is 1. The van der Waals surface area contributed by atoms with Gasteiger partial charge in [-0.25, -0.2) is 0 Å². The fraction of sp³-hybridized carbons (Fsp3) is 0.477. The number of ether oxygens (including phenoxy) is 5. The van der Waals surface area contributed by atoms with Gasteiger partial charge in [-0.2, -0.15) is 0 Å². The largest absolute Gasteiger partial charge is 0.493 e. The Balaban J connectivity index is 0.778. The fourth-order valence-electron chi connectivity index (χ4n) is 8.95. The molecule has 0 aromatic heterocycles. The molecule has 0 unspecified atom stereocenters. The minimum absolute atomic E-state index is 0.0224. The maximum Gasteiger partial charge on any atom is 0.260 e. The number of amides is 2. The number of carbonyl (C=O) groups excluding carboxylic acids is 2. The van der Waals surface area contributed by atoms with Gasteiger partial charge in [0, 0.05) is 50.9 Å². The van der Waals surface area contributed by atoms with Crippen molar-refractivity contribution in [2.45, 2.75) is 75.8 Å². The highest BCUT2D eigenvalue weighted by molar-refractivity contribution is 6.04. The highest BCUT2D eigenvalue weighted by atomic mass is 16.5. The monoisotopic (exact) mass is 746 g/mol. The van der Waals surface area contributed by atoms with E-state index >= 15 is 0 Å². The Morgan fingerprint density at radius 1 is 0.855 bits per heavy atom. The minimum atomic E-state index is -0.0416. The number of nitrogens with zero attached hydrogens (tertiary/aromatic N) is 3. The lowest BCUT2D eigenvalue weighted by Crippen LogP contribution is -2.35. The van der Waals surface area contributed by atoms with E-state index in [1.807, 2.05) is 34.3 Å². The number of hydrogen-bond donors (Lipinski definition) is 1. The van der Waals surface area contributed by atoms with Gasteiger partial charge in [0.25, 0.3) is 11.8 Å². The normalized spacial score (nSPS) is 22.2. The summed E-state index contributed by atoms with van der Waals surface area (Å²) in [4.78, 5) is 35.9. The molecule has 1 saturated carbocycles. The number of nitrogens with one attached hydrogen (secondary N) is 1. The molecule has 0 bridgehead atoms. The Labute approximate surface area is 322 Å². The third-order valence-electron chi connectivity index (χ3n) is 12.4. The average molecular weight is 747 g/mol. The standard InChI is InChI=1S/C44H50N4O7/c1-51-38-19-34-36(45-24-32-18-31(26-47(32)42(34)49)29-8-6-28(7-9-29)30-10-16-53-17-11-30)21-40(38)54-14-4-3-5-15-55-41-22-37-35(20-39(41)52-2)43(50)48-27-44(12-13-44)23-33(48)25-46-37/h6-9,19-22,25-26,30,32-33,45H,3-5,10-18,23-24,27H2,1-2H3/t32-,33-/m0/s1. The van der Waals surface area contributed by atoms with E-state index in [0.29, 0.717) is 70.9 Å². The van der Waals surface area contributed by atoms with E-state index in [1.54, 1.807) is 26.4 Å². The summed E-state index contributed by atoms with van der Waals surface area (Å²) in [7, 11) is 3.20. The van der Waals surface area contributed by atoms with E-state index in [9.17, 15) is 9.59 Å². The van der Waals surface area contributed by atoms with Crippen molar-refractivity contribution in [3.05, 3.63) is 77.0 Å². The first-order valence-corrected chi connectivity index (χ1v) is 19.9. The molecule has 2 amide bonds. The Bertz CT molecular complexity index is 2020. The fourth-order valence-corrected chi connectivity index (χ4v) is 8.95. The molecule has 2 saturated heterocycles. The van der Waals surface area contributed by atoms with Crippen LogP contribution in [0, 0.1) is 5.41 Å². The lowest BCUT2D eigenvalue weighted by Gasteiger charge is -2.22. The average Bonchev–Trinajstić information content (AvgIpc) is 3.75. The van der Waals surface area contributed by atoms with E-state index in [4.69, 9.17) is 28.7 Å². The molecule has 5 aliphatic heterocycles. The molecule has 3 fully saturated rings. The minimum Gasteiger partial charge on any atom is -0.493 e. The lowest BCUT2D eigenvalue weighted by atomic mass is 9.90. The molecular formula is C44H50N4O7. The van der Waals surface area contributed by atoms with Crippen molar-refractivity contribution in [2.75, 3.05) is 59.1 Å². The highest BCUT2D eigenvalue weighted by Crippen LogP contribution is 2.55. The van der Waals surface area contributed by atoms with Crippen molar-refractivity contribution in [1.29, 1.82) is 0 Å². The number of fused-ring (bicyclic) bond motifs is 4. The maximum absolute atomic E-state index is 13.9. The third-order valence-corrected chi connectivity index (χ3v) is 12.4.